The number of rotatable bonds is 6. The van der Waals surface area contributed by atoms with E-state index in [1.165, 1.54) is 0 Å². The van der Waals surface area contributed by atoms with E-state index in [-0.39, 0.29) is 0 Å². The minimum atomic E-state index is -0.477. The molecule has 1 aliphatic rings. The molecule has 0 radical (unpaired) electrons. The fourth-order valence-electron chi connectivity index (χ4n) is 2.34. The summed E-state index contributed by atoms with van der Waals surface area (Å²) in [4.78, 5) is 2.32. The van der Waals surface area contributed by atoms with Gasteiger partial charge in [0.25, 0.3) is 0 Å². The molecule has 0 bridgehead atoms. The lowest BCUT2D eigenvalue weighted by atomic mass is 10.2. The van der Waals surface area contributed by atoms with Gasteiger partial charge in [0, 0.05) is 30.6 Å². The van der Waals surface area contributed by atoms with Crippen LogP contribution in [0.5, 0.6) is 5.75 Å². The maximum absolute atomic E-state index is 10.1. The fraction of sp³-hybridized carbons (Fsp3) is 0.562. The largest absolute Gasteiger partial charge is 0.491 e. The maximum atomic E-state index is 10.1. The molecule has 114 valence electrons. The highest BCUT2D eigenvalue weighted by Crippen LogP contribution is 2.17. The van der Waals surface area contributed by atoms with Crippen LogP contribution in [0.25, 0.3) is 0 Å². The van der Waals surface area contributed by atoms with Gasteiger partial charge in [-0.2, -0.15) is 17.0 Å². The summed E-state index contributed by atoms with van der Waals surface area (Å²) in [5, 5.41) is 18.7. The zero-order chi connectivity index (χ0) is 15.1. The molecule has 5 heteroatoms. The second-order valence-corrected chi connectivity index (χ2v) is 6.51. The Balaban J connectivity index is 1.75. The summed E-state index contributed by atoms with van der Waals surface area (Å²) in [5.74, 6) is 3.00. The van der Waals surface area contributed by atoms with Crippen LogP contribution in [0.2, 0.25) is 0 Å². The summed E-state index contributed by atoms with van der Waals surface area (Å²) in [7, 11) is 0. The number of β-amino-alcohol motifs (C(OH)–C–C–N with tert-alkyl or cyclic N) is 1. The number of benzene rings is 1. The molecule has 0 amide bonds. The predicted molar refractivity (Wildman–Crippen MR) is 85.6 cm³/mol. The molecule has 0 spiro atoms. The van der Waals surface area contributed by atoms with Crippen LogP contribution in [0.3, 0.4) is 0 Å². The number of aliphatic hydroxyl groups is 1. The van der Waals surface area contributed by atoms with Crippen LogP contribution < -0.4 is 4.74 Å². The maximum Gasteiger partial charge on any atom is 0.119 e. The standard InChI is InChI=1S/C16H22N2O2S/c1-13-12-21-9-8-18(13)10-15(19)11-20-16-4-2-14(3-5-16)6-7-17/h2-5,13,15,19H,6,8-12H2,1H3/t13-,15-/m0/s1. The summed E-state index contributed by atoms with van der Waals surface area (Å²) in [6.07, 6.45) is -0.0670. The van der Waals surface area contributed by atoms with Crippen molar-refractivity contribution in [2.45, 2.75) is 25.5 Å². The van der Waals surface area contributed by atoms with Crippen molar-refractivity contribution in [3.8, 4) is 11.8 Å². The lowest BCUT2D eigenvalue weighted by molar-refractivity contribution is 0.0596. The van der Waals surface area contributed by atoms with E-state index in [0.29, 0.717) is 25.6 Å². The Kier molecular flexibility index (Phi) is 6.37. The minimum absolute atomic E-state index is 0.300. The van der Waals surface area contributed by atoms with Crippen LogP contribution in [-0.4, -0.2) is 53.4 Å². The Morgan fingerprint density at radius 3 is 2.90 bits per heavy atom. The fourth-order valence-corrected chi connectivity index (χ4v) is 3.43. The Bertz CT molecular complexity index is 472. The monoisotopic (exact) mass is 306 g/mol. The van der Waals surface area contributed by atoms with E-state index < -0.39 is 6.10 Å². The normalized spacial score (nSPS) is 20.7. The summed E-state index contributed by atoms with van der Waals surface area (Å²) < 4.78 is 5.61. The molecular formula is C16H22N2O2S. The van der Waals surface area contributed by atoms with Crippen molar-refractivity contribution >= 4 is 11.8 Å². The van der Waals surface area contributed by atoms with Crippen molar-refractivity contribution in [1.82, 2.24) is 4.90 Å². The molecule has 21 heavy (non-hydrogen) atoms. The van der Waals surface area contributed by atoms with Crippen LogP contribution >= 0.6 is 11.8 Å². The van der Waals surface area contributed by atoms with Crippen molar-refractivity contribution in [3.63, 3.8) is 0 Å². The third-order valence-electron chi connectivity index (χ3n) is 3.60. The molecule has 2 atom stereocenters. The Hall–Kier alpha value is -1.22. The van der Waals surface area contributed by atoms with Gasteiger partial charge in [-0.1, -0.05) is 12.1 Å². The van der Waals surface area contributed by atoms with Crippen molar-refractivity contribution in [1.29, 1.82) is 5.26 Å². The molecule has 1 aromatic rings. The van der Waals surface area contributed by atoms with Crippen LogP contribution in [0.1, 0.15) is 12.5 Å². The zero-order valence-corrected chi connectivity index (χ0v) is 13.2. The zero-order valence-electron chi connectivity index (χ0n) is 12.4. The van der Waals surface area contributed by atoms with Crippen molar-refractivity contribution in [3.05, 3.63) is 29.8 Å². The molecule has 1 aliphatic heterocycles. The number of hydrogen-bond donors (Lipinski definition) is 1. The van der Waals surface area contributed by atoms with Gasteiger partial charge in [-0.05, 0) is 24.6 Å². The summed E-state index contributed by atoms with van der Waals surface area (Å²) in [5.41, 5.74) is 0.977. The van der Waals surface area contributed by atoms with E-state index in [2.05, 4.69) is 17.9 Å². The van der Waals surface area contributed by atoms with Crippen molar-refractivity contribution in [2.75, 3.05) is 31.2 Å². The SMILES string of the molecule is C[C@H]1CSCCN1C[C@H](O)COc1ccc(CC#N)cc1. The van der Waals surface area contributed by atoms with E-state index in [1.807, 2.05) is 36.0 Å². The second kappa shape index (κ2) is 8.28. The van der Waals surface area contributed by atoms with Crippen LogP contribution in [0.15, 0.2) is 24.3 Å². The van der Waals surface area contributed by atoms with Crippen molar-refractivity contribution in [2.24, 2.45) is 0 Å². The number of ether oxygens (including phenoxy) is 1. The third-order valence-corrected chi connectivity index (χ3v) is 4.79. The van der Waals surface area contributed by atoms with Gasteiger partial charge in [-0.15, -0.1) is 0 Å². The minimum Gasteiger partial charge on any atom is -0.491 e. The summed E-state index contributed by atoms with van der Waals surface area (Å²) in [6, 6.07) is 10.1. The van der Waals surface area contributed by atoms with Gasteiger partial charge in [0.1, 0.15) is 18.5 Å². The van der Waals surface area contributed by atoms with E-state index in [9.17, 15) is 5.11 Å². The lowest BCUT2D eigenvalue weighted by Gasteiger charge is -2.34. The Labute approximate surface area is 130 Å². The number of nitriles is 1. The second-order valence-electron chi connectivity index (χ2n) is 5.36. The van der Waals surface area contributed by atoms with Crippen LogP contribution in [-0.2, 0) is 6.42 Å². The van der Waals surface area contributed by atoms with Gasteiger partial charge >= 0.3 is 0 Å². The molecule has 0 saturated carbocycles. The molecular weight excluding hydrogens is 284 g/mol. The molecule has 0 aliphatic carbocycles. The topological polar surface area (TPSA) is 56.5 Å². The quantitative estimate of drug-likeness (QED) is 0.870. The summed E-state index contributed by atoms with van der Waals surface area (Å²) in [6.45, 7) is 4.20. The van der Waals surface area contributed by atoms with Gasteiger partial charge in [-0.25, -0.2) is 0 Å². The molecule has 0 unspecified atom stereocenters. The average molecular weight is 306 g/mol. The van der Waals surface area contributed by atoms with E-state index in [1.54, 1.807) is 0 Å². The first kappa shape index (κ1) is 16.2. The first-order chi connectivity index (χ1) is 10.2. The molecule has 4 nitrogen and oxygen atoms in total. The molecule has 1 heterocycles. The van der Waals surface area contributed by atoms with E-state index in [0.717, 1.165) is 29.4 Å². The molecule has 2 rings (SSSR count). The molecule has 1 fully saturated rings. The molecule has 1 saturated heterocycles. The highest BCUT2D eigenvalue weighted by molar-refractivity contribution is 7.99. The average Bonchev–Trinajstić information content (AvgIpc) is 2.49. The highest BCUT2D eigenvalue weighted by atomic mass is 32.2. The molecule has 1 aromatic carbocycles. The lowest BCUT2D eigenvalue weighted by Crippen LogP contribution is -2.45. The van der Waals surface area contributed by atoms with Gasteiger partial charge in [0.05, 0.1) is 12.5 Å². The van der Waals surface area contributed by atoms with Crippen molar-refractivity contribution < 1.29 is 9.84 Å². The predicted octanol–water partition coefficient (Wildman–Crippen LogP) is 1.93. The number of nitrogens with zero attached hydrogens (tertiary/aromatic N) is 2. The molecule has 1 N–H and O–H groups in total. The van der Waals surface area contributed by atoms with Gasteiger partial charge < -0.3 is 9.84 Å². The smallest absolute Gasteiger partial charge is 0.119 e. The van der Waals surface area contributed by atoms with E-state index >= 15 is 0 Å². The van der Waals surface area contributed by atoms with Gasteiger partial charge in [-0.3, -0.25) is 4.90 Å². The van der Waals surface area contributed by atoms with E-state index in [4.69, 9.17) is 10.00 Å². The van der Waals surface area contributed by atoms with Crippen LogP contribution in [0, 0.1) is 11.3 Å². The number of aliphatic hydroxyl groups excluding tert-OH is 1. The Morgan fingerprint density at radius 1 is 1.48 bits per heavy atom. The van der Waals surface area contributed by atoms with Gasteiger partial charge in [0.2, 0.25) is 0 Å². The summed E-state index contributed by atoms with van der Waals surface area (Å²) >= 11 is 1.97. The van der Waals surface area contributed by atoms with Crippen LogP contribution in [0.4, 0.5) is 0 Å². The molecule has 0 aromatic heterocycles. The number of thioether (sulfide) groups is 1. The first-order valence-electron chi connectivity index (χ1n) is 7.27. The Morgan fingerprint density at radius 2 is 2.24 bits per heavy atom. The number of hydrogen-bond acceptors (Lipinski definition) is 5. The van der Waals surface area contributed by atoms with Gasteiger partial charge in [0.15, 0.2) is 0 Å². The first-order valence-corrected chi connectivity index (χ1v) is 8.43. The highest BCUT2D eigenvalue weighted by Gasteiger charge is 2.21. The third kappa shape index (κ3) is 5.24.